The van der Waals surface area contributed by atoms with Crippen LogP contribution in [0.1, 0.15) is 45.2 Å². The van der Waals surface area contributed by atoms with E-state index in [9.17, 15) is 0 Å². The van der Waals surface area contributed by atoms with Crippen molar-refractivity contribution in [2.45, 2.75) is 44.9 Å². The molecular formula is C19H21Cl. The van der Waals surface area contributed by atoms with Crippen molar-refractivity contribution in [3.05, 3.63) is 58.6 Å². The van der Waals surface area contributed by atoms with Crippen LogP contribution < -0.4 is 0 Å². The van der Waals surface area contributed by atoms with E-state index in [1.54, 1.807) is 0 Å². The van der Waals surface area contributed by atoms with Crippen LogP contribution in [0.2, 0.25) is 5.02 Å². The second kappa shape index (κ2) is 4.36. The maximum Gasteiger partial charge on any atom is 0.0406 e. The molecule has 0 heterocycles. The van der Waals surface area contributed by atoms with Gasteiger partial charge in [-0.2, -0.15) is 0 Å². The van der Waals surface area contributed by atoms with E-state index in [4.69, 9.17) is 11.6 Å². The van der Waals surface area contributed by atoms with E-state index in [-0.39, 0.29) is 10.8 Å². The zero-order valence-corrected chi connectivity index (χ0v) is 13.4. The molecule has 0 nitrogen and oxygen atoms in total. The molecule has 2 aromatic carbocycles. The summed E-state index contributed by atoms with van der Waals surface area (Å²) in [6.07, 6.45) is 1.19. The van der Waals surface area contributed by atoms with Crippen molar-refractivity contribution >= 4 is 11.6 Å². The molecule has 0 atom stereocenters. The fourth-order valence-electron chi connectivity index (χ4n) is 4.00. The maximum atomic E-state index is 6.02. The summed E-state index contributed by atoms with van der Waals surface area (Å²) < 4.78 is 0. The van der Waals surface area contributed by atoms with Gasteiger partial charge in [0.2, 0.25) is 0 Å². The Morgan fingerprint density at radius 3 is 2.15 bits per heavy atom. The van der Waals surface area contributed by atoms with E-state index in [0.29, 0.717) is 0 Å². The molecule has 0 bridgehead atoms. The maximum absolute atomic E-state index is 6.02. The molecule has 0 N–H and O–H groups in total. The van der Waals surface area contributed by atoms with Crippen molar-refractivity contribution in [1.29, 1.82) is 0 Å². The van der Waals surface area contributed by atoms with Crippen molar-refractivity contribution in [1.82, 2.24) is 0 Å². The van der Waals surface area contributed by atoms with Gasteiger partial charge in [-0.1, -0.05) is 69.6 Å². The van der Waals surface area contributed by atoms with Crippen molar-refractivity contribution in [2.75, 3.05) is 0 Å². The molecule has 0 amide bonds. The first-order valence-electron chi connectivity index (χ1n) is 7.21. The molecule has 0 radical (unpaired) electrons. The summed E-state index contributed by atoms with van der Waals surface area (Å²) in [7, 11) is 0. The van der Waals surface area contributed by atoms with E-state index >= 15 is 0 Å². The van der Waals surface area contributed by atoms with Gasteiger partial charge in [-0.3, -0.25) is 0 Å². The van der Waals surface area contributed by atoms with Crippen LogP contribution in [0, 0.1) is 0 Å². The molecule has 20 heavy (non-hydrogen) atoms. The molecule has 0 saturated carbocycles. The molecule has 104 valence electrons. The Hall–Kier alpha value is -1.27. The summed E-state index contributed by atoms with van der Waals surface area (Å²) in [5.74, 6) is 0. The van der Waals surface area contributed by atoms with Gasteiger partial charge < -0.3 is 0 Å². The first-order chi connectivity index (χ1) is 9.31. The highest BCUT2D eigenvalue weighted by Gasteiger charge is 2.43. The molecule has 0 aliphatic heterocycles. The fourth-order valence-corrected chi connectivity index (χ4v) is 4.13. The molecule has 2 aromatic rings. The van der Waals surface area contributed by atoms with Crippen molar-refractivity contribution in [3.8, 4) is 11.1 Å². The summed E-state index contributed by atoms with van der Waals surface area (Å²) in [6.45, 7) is 9.43. The minimum absolute atomic E-state index is 0.217. The third-order valence-electron chi connectivity index (χ3n) is 4.51. The Morgan fingerprint density at radius 1 is 0.850 bits per heavy atom. The molecular weight excluding hydrogens is 264 g/mol. The lowest BCUT2D eigenvalue weighted by molar-refractivity contribution is 0.403. The van der Waals surface area contributed by atoms with Gasteiger partial charge in [0.25, 0.3) is 0 Å². The zero-order chi connectivity index (χ0) is 14.5. The predicted molar refractivity (Wildman–Crippen MR) is 87.6 cm³/mol. The first-order valence-corrected chi connectivity index (χ1v) is 7.59. The van der Waals surface area contributed by atoms with Crippen LogP contribution in [0.3, 0.4) is 0 Å². The molecule has 0 saturated heterocycles. The largest absolute Gasteiger partial charge is 0.0843 e. The van der Waals surface area contributed by atoms with Crippen LogP contribution in [0.5, 0.6) is 0 Å². The molecule has 1 aliphatic rings. The molecule has 0 unspecified atom stereocenters. The summed E-state index contributed by atoms with van der Waals surface area (Å²) in [4.78, 5) is 0. The zero-order valence-electron chi connectivity index (χ0n) is 12.6. The molecule has 3 rings (SSSR count). The summed E-state index contributed by atoms with van der Waals surface area (Å²) in [5.41, 5.74) is 6.09. The molecule has 0 spiro atoms. The van der Waals surface area contributed by atoms with Gasteiger partial charge in [0.05, 0.1) is 0 Å². The highest BCUT2D eigenvalue weighted by atomic mass is 35.5. The molecule has 1 heteroatoms. The lowest BCUT2D eigenvalue weighted by Crippen LogP contribution is -2.18. The fraction of sp³-hybridized carbons (Fsp3) is 0.368. The SMILES string of the molecule is CC1(C)CC(C)(C)c2c(-c3ccc(Cl)cc3)cccc21. The number of hydrogen-bond acceptors (Lipinski definition) is 0. The quantitative estimate of drug-likeness (QED) is 0.605. The Balaban J connectivity index is 2.25. The second-order valence-corrected chi connectivity index (χ2v) is 7.62. The van der Waals surface area contributed by atoms with Gasteiger partial charge in [0.1, 0.15) is 0 Å². The van der Waals surface area contributed by atoms with Crippen LogP contribution >= 0.6 is 11.6 Å². The van der Waals surface area contributed by atoms with E-state index in [1.807, 2.05) is 12.1 Å². The van der Waals surface area contributed by atoms with Gasteiger partial charge in [0, 0.05) is 5.02 Å². The Bertz CT molecular complexity index is 648. The number of fused-ring (bicyclic) bond motifs is 1. The highest BCUT2D eigenvalue weighted by molar-refractivity contribution is 6.30. The summed E-state index contributed by atoms with van der Waals surface area (Å²) in [6, 6.07) is 14.9. The average Bonchev–Trinajstić information content (AvgIpc) is 2.56. The van der Waals surface area contributed by atoms with E-state index in [1.165, 1.54) is 28.7 Å². The lowest BCUT2D eigenvalue weighted by Gasteiger charge is -2.23. The third kappa shape index (κ3) is 2.07. The average molecular weight is 285 g/mol. The first kappa shape index (κ1) is 13.7. The van der Waals surface area contributed by atoms with E-state index in [0.717, 1.165) is 5.02 Å². The Labute approximate surface area is 126 Å². The van der Waals surface area contributed by atoms with Crippen LogP contribution in [0.15, 0.2) is 42.5 Å². The highest BCUT2D eigenvalue weighted by Crippen LogP contribution is 2.52. The standard InChI is InChI=1S/C19H21Cl/c1-18(2)12-19(3,4)17-15(6-5-7-16(17)18)13-8-10-14(20)11-9-13/h5-11H,12H2,1-4H3. The Kier molecular flexibility index (Phi) is 2.99. The third-order valence-corrected chi connectivity index (χ3v) is 4.76. The number of benzene rings is 2. The normalized spacial score (nSPS) is 18.9. The van der Waals surface area contributed by atoms with Gasteiger partial charge in [0.15, 0.2) is 0 Å². The van der Waals surface area contributed by atoms with Gasteiger partial charge in [-0.05, 0) is 51.6 Å². The second-order valence-electron chi connectivity index (χ2n) is 7.18. The van der Waals surface area contributed by atoms with Crippen molar-refractivity contribution in [2.24, 2.45) is 0 Å². The van der Waals surface area contributed by atoms with Gasteiger partial charge in [-0.25, -0.2) is 0 Å². The minimum atomic E-state index is 0.217. The van der Waals surface area contributed by atoms with E-state index in [2.05, 4.69) is 58.0 Å². The number of rotatable bonds is 1. The molecule has 0 aromatic heterocycles. The molecule has 0 fully saturated rings. The minimum Gasteiger partial charge on any atom is -0.0843 e. The van der Waals surface area contributed by atoms with E-state index < -0.39 is 0 Å². The van der Waals surface area contributed by atoms with Crippen molar-refractivity contribution in [3.63, 3.8) is 0 Å². The predicted octanol–water partition coefficient (Wildman–Crippen LogP) is 5.97. The molecule has 1 aliphatic carbocycles. The van der Waals surface area contributed by atoms with Crippen LogP contribution in [-0.2, 0) is 10.8 Å². The van der Waals surface area contributed by atoms with Crippen LogP contribution in [-0.4, -0.2) is 0 Å². The van der Waals surface area contributed by atoms with Crippen molar-refractivity contribution < 1.29 is 0 Å². The number of halogens is 1. The monoisotopic (exact) mass is 284 g/mol. The van der Waals surface area contributed by atoms with Gasteiger partial charge in [-0.15, -0.1) is 0 Å². The summed E-state index contributed by atoms with van der Waals surface area (Å²) >= 11 is 6.02. The van der Waals surface area contributed by atoms with Gasteiger partial charge >= 0.3 is 0 Å². The topological polar surface area (TPSA) is 0 Å². The summed E-state index contributed by atoms with van der Waals surface area (Å²) in [5, 5.41) is 0.793. The smallest absolute Gasteiger partial charge is 0.0406 e. The lowest BCUT2D eigenvalue weighted by atomic mass is 9.80. The number of hydrogen-bond donors (Lipinski definition) is 0. The Morgan fingerprint density at radius 2 is 1.50 bits per heavy atom. The van der Waals surface area contributed by atoms with Crippen LogP contribution in [0.4, 0.5) is 0 Å². The van der Waals surface area contributed by atoms with Crippen LogP contribution in [0.25, 0.3) is 11.1 Å².